The summed E-state index contributed by atoms with van der Waals surface area (Å²) >= 11 is 3.50. The second-order valence-corrected chi connectivity index (χ2v) is 6.60. The summed E-state index contributed by atoms with van der Waals surface area (Å²) in [7, 11) is 0. The van der Waals surface area contributed by atoms with Crippen LogP contribution in [0.4, 0.5) is 0 Å². The lowest BCUT2D eigenvalue weighted by atomic mass is 10.2. The van der Waals surface area contributed by atoms with Gasteiger partial charge in [0.05, 0.1) is 18.5 Å². The molecule has 116 valence electrons. The number of aromatic nitrogens is 3. The highest BCUT2D eigenvalue weighted by Gasteiger charge is 2.14. The van der Waals surface area contributed by atoms with Gasteiger partial charge in [0.1, 0.15) is 11.4 Å². The monoisotopic (exact) mass is 369 g/mol. The fourth-order valence-corrected chi connectivity index (χ4v) is 3.31. The van der Waals surface area contributed by atoms with E-state index < -0.39 is 0 Å². The van der Waals surface area contributed by atoms with Crippen molar-refractivity contribution in [1.82, 2.24) is 14.0 Å². The third-order valence-electron chi connectivity index (χ3n) is 4.16. The topological polar surface area (TPSA) is 35.4 Å². The molecule has 0 amide bonds. The van der Waals surface area contributed by atoms with Crippen molar-refractivity contribution in [3.05, 3.63) is 70.6 Å². The molecular weight excluding hydrogens is 354 g/mol. The molecule has 0 saturated heterocycles. The SMILES string of the molecule is Cc1cc(-c2cn3cc(Br)ccc3n2)c(C)n1Cc1ccco1. The molecule has 0 unspecified atom stereocenters. The van der Waals surface area contributed by atoms with Crippen molar-refractivity contribution in [2.75, 3.05) is 0 Å². The minimum Gasteiger partial charge on any atom is -0.467 e. The van der Waals surface area contributed by atoms with Gasteiger partial charge >= 0.3 is 0 Å². The van der Waals surface area contributed by atoms with Crippen molar-refractivity contribution in [2.45, 2.75) is 20.4 Å². The van der Waals surface area contributed by atoms with Crippen molar-refractivity contribution < 1.29 is 4.42 Å². The molecule has 0 aliphatic carbocycles. The maximum atomic E-state index is 5.48. The summed E-state index contributed by atoms with van der Waals surface area (Å²) in [4.78, 5) is 4.74. The maximum Gasteiger partial charge on any atom is 0.137 e. The van der Waals surface area contributed by atoms with E-state index in [1.807, 2.05) is 34.9 Å². The van der Waals surface area contributed by atoms with Crippen LogP contribution in [0.5, 0.6) is 0 Å². The standard InChI is InChI=1S/C18H16BrN3O/c1-12-8-16(13(2)22(12)10-15-4-3-7-23-15)17-11-21-9-14(19)5-6-18(21)20-17/h3-9,11H,10H2,1-2H3. The third kappa shape index (κ3) is 2.51. The van der Waals surface area contributed by atoms with E-state index >= 15 is 0 Å². The van der Waals surface area contributed by atoms with E-state index in [2.05, 4.69) is 46.6 Å². The number of halogens is 1. The molecule has 23 heavy (non-hydrogen) atoms. The summed E-state index contributed by atoms with van der Waals surface area (Å²) in [6.45, 7) is 4.99. The highest BCUT2D eigenvalue weighted by atomic mass is 79.9. The molecule has 4 aromatic rings. The maximum absolute atomic E-state index is 5.48. The molecule has 4 heterocycles. The Morgan fingerprint density at radius 3 is 2.83 bits per heavy atom. The van der Waals surface area contributed by atoms with Crippen LogP contribution in [0.2, 0.25) is 0 Å². The van der Waals surface area contributed by atoms with Gasteiger partial charge in [0.25, 0.3) is 0 Å². The highest BCUT2D eigenvalue weighted by molar-refractivity contribution is 9.10. The van der Waals surface area contributed by atoms with Gasteiger partial charge < -0.3 is 13.4 Å². The number of imidazole rings is 1. The Hall–Kier alpha value is -2.27. The highest BCUT2D eigenvalue weighted by Crippen LogP contribution is 2.27. The molecule has 0 spiro atoms. The zero-order chi connectivity index (χ0) is 16.0. The van der Waals surface area contributed by atoms with Gasteiger partial charge in [-0.2, -0.15) is 0 Å². The van der Waals surface area contributed by atoms with Gasteiger partial charge in [-0.1, -0.05) is 0 Å². The molecule has 4 nitrogen and oxygen atoms in total. The molecule has 0 saturated carbocycles. The van der Waals surface area contributed by atoms with Crippen molar-refractivity contribution in [3.63, 3.8) is 0 Å². The second kappa shape index (κ2) is 5.42. The number of nitrogens with zero attached hydrogens (tertiary/aromatic N) is 3. The summed E-state index contributed by atoms with van der Waals surface area (Å²) < 4.78 is 10.8. The molecule has 4 aromatic heterocycles. The van der Waals surface area contributed by atoms with Gasteiger partial charge in [0, 0.05) is 33.8 Å². The fourth-order valence-electron chi connectivity index (χ4n) is 2.96. The van der Waals surface area contributed by atoms with Gasteiger partial charge in [-0.15, -0.1) is 0 Å². The van der Waals surface area contributed by atoms with Crippen LogP contribution in [0, 0.1) is 13.8 Å². The van der Waals surface area contributed by atoms with Crippen LogP contribution in [-0.2, 0) is 6.54 Å². The Bertz CT molecular complexity index is 979. The predicted molar refractivity (Wildman–Crippen MR) is 93.6 cm³/mol. The summed E-state index contributed by atoms with van der Waals surface area (Å²) in [5.74, 6) is 0.956. The van der Waals surface area contributed by atoms with Crippen molar-refractivity contribution >= 4 is 21.6 Å². The first kappa shape index (κ1) is 14.3. The minimum absolute atomic E-state index is 0.740. The van der Waals surface area contributed by atoms with Crippen LogP contribution in [0.15, 0.2) is 57.9 Å². The first-order valence-corrected chi connectivity index (χ1v) is 8.25. The van der Waals surface area contributed by atoms with Gasteiger partial charge in [0.2, 0.25) is 0 Å². The average molecular weight is 370 g/mol. The molecule has 0 bridgehead atoms. The molecule has 4 rings (SSSR count). The minimum atomic E-state index is 0.740. The molecule has 0 aromatic carbocycles. The number of rotatable bonds is 3. The molecule has 0 atom stereocenters. The van der Waals surface area contributed by atoms with Crippen molar-refractivity contribution in [3.8, 4) is 11.3 Å². The lowest BCUT2D eigenvalue weighted by Gasteiger charge is -2.07. The van der Waals surface area contributed by atoms with E-state index in [4.69, 9.17) is 9.40 Å². The van der Waals surface area contributed by atoms with E-state index in [1.54, 1.807) is 6.26 Å². The predicted octanol–water partition coefficient (Wildman–Crippen LogP) is 4.82. The van der Waals surface area contributed by atoms with Gasteiger partial charge in [0.15, 0.2) is 0 Å². The van der Waals surface area contributed by atoms with Crippen LogP contribution in [-0.4, -0.2) is 14.0 Å². The zero-order valence-corrected chi connectivity index (χ0v) is 14.5. The largest absolute Gasteiger partial charge is 0.467 e. The quantitative estimate of drug-likeness (QED) is 0.518. The number of pyridine rings is 1. The van der Waals surface area contributed by atoms with Crippen LogP contribution in [0.3, 0.4) is 0 Å². The lowest BCUT2D eigenvalue weighted by molar-refractivity contribution is 0.489. The second-order valence-electron chi connectivity index (χ2n) is 5.69. The normalized spacial score (nSPS) is 11.4. The van der Waals surface area contributed by atoms with Crippen LogP contribution in [0.25, 0.3) is 16.9 Å². The summed E-state index contributed by atoms with van der Waals surface area (Å²) in [5, 5.41) is 0. The number of aryl methyl sites for hydroxylation is 1. The van der Waals surface area contributed by atoms with Crippen LogP contribution in [0.1, 0.15) is 17.1 Å². The number of hydrogen-bond donors (Lipinski definition) is 0. The first-order chi connectivity index (χ1) is 11.1. The van der Waals surface area contributed by atoms with E-state index in [9.17, 15) is 0 Å². The van der Waals surface area contributed by atoms with Gasteiger partial charge in [-0.05, 0) is 60.1 Å². The Balaban J connectivity index is 1.78. The molecule has 0 fully saturated rings. The molecule has 5 heteroatoms. The van der Waals surface area contributed by atoms with E-state index in [0.717, 1.165) is 33.7 Å². The molecule has 0 radical (unpaired) electrons. The molecule has 0 aliphatic rings. The van der Waals surface area contributed by atoms with E-state index in [1.165, 1.54) is 11.4 Å². The van der Waals surface area contributed by atoms with Crippen molar-refractivity contribution in [2.24, 2.45) is 0 Å². The first-order valence-electron chi connectivity index (χ1n) is 7.45. The third-order valence-corrected chi connectivity index (χ3v) is 4.63. The zero-order valence-electron chi connectivity index (χ0n) is 13.0. The van der Waals surface area contributed by atoms with Gasteiger partial charge in [-0.25, -0.2) is 4.98 Å². The van der Waals surface area contributed by atoms with E-state index in [0.29, 0.717) is 0 Å². The Kier molecular flexibility index (Phi) is 3.38. The summed E-state index contributed by atoms with van der Waals surface area (Å²) in [6, 6.07) is 10.1. The van der Waals surface area contributed by atoms with Crippen molar-refractivity contribution in [1.29, 1.82) is 0 Å². The molecule has 0 aliphatic heterocycles. The fraction of sp³-hybridized carbons (Fsp3) is 0.167. The van der Waals surface area contributed by atoms with Gasteiger partial charge in [-0.3, -0.25) is 0 Å². The lowest BCUT2D eigenvalue weighted by Crippen LogP contribution is -2.02. The van der Waals surface area contributed by atoms with Crippen LogP contribution < -0.4 is 0 Å². The summed E-state index contributed by atoms with van der Waals surface area (Å²) in [6.07, 6.45) is 5.80. The van der Waals surface area contributed by atoms with E-state index in [-0.39, 0.29) is 0 Å². The molecule has 0 N–H and O–H groups in total. The number of hydrogen-bond acceptors (Lipinski definition) is 2. The smallest absolute Gasteiger partial charge is 0.137 e. The number of fused-ring (bicyclic) bond motifs is 1. The Morgan fingerprint density at radius 2 is 2.04 bits per heavy atom. The Labute approximate surface area is 142 Å². The summed E-state index contributed by atoms with van der Waals surface area (Å²) in [5.41, 5.74) is 5.49. The Morgan fingerprint density at radius 1 is 1.17 bits per heavy atom. The molecular formula is C18H16BrN3O. The van der Waals surface area contributed by atoms with Crippen LogP contribution >= 0.6 is 15.9 Å². The number of furan rings is 1. The average Bonchev–Trinajstić information content (AvgIpc) is 3.22.